The number of piperidine rings is 1. The second-order valence-electron chi connectivity index (χ2n) is 8.88. The molecule has 0 bridgehead atoms. The second-order valence-corrected chi connectivity index (χ2v) is 8.88. The molecular weight excluding hydrogens is 422 g/mol. The molecule has 1 aliphatic heterocycles. The number of hydrogen-bond donors (Lipinski definition) is 2. The zero-order chi connectivity index (χ0) is 24.0. The first kappa shape index (κ1) is 23.9. The van der Waals surface area contributed by atoms with Crippen LogP contribution in [0.1, 0.15) is 55.0 Å². The van der Waals surface area contributed by atoms with Crippen molar-refractivity contribution in [2.75, 3.05) is 14.2 Å². The van der Waals surface area contributed by atoms with E-state index in [-0.39, 0.29) is 18.0 Å². The topological polar surface area (TPSA) is 50.7 Å². The van der Waals surface area contributed by atoms with Gasteiger partial charge in [0.25, 0.3) is 0 Å². The van der Waals surface area contributed by atoms with Gasteiger partial charge >= 0.3 is 0 Å². The van der Waals surface area contributed by atoms with Crippen molar-refractivity contribution in [1.29, 1.82) is 0 Å². The first-order chi connectivity index (χ1) is 16.6. The average Bonchev–Trinajstić information content (AvgIpc) is 2.89. The lowest BCUT2D eigenvalue weighted by molar-refractivity contribution is -0.0318. The Hall–Kier alpha value is -3.26. The quantitative estimate of drug-likeness (QED) is 0.470. The molecule has 0 spiro atoms. The number of nitrogens with one attached hydrogen (secondary N) is 1. The highest BCUT2D eigenvalue weighted by Gasteiger charge is 2.47. The molecule has 0 aliphatic carbocycles. The van der Waals surface area contributed by atoms with E-state index in [1.54, 1.807) is 14.2 Å². The Morgan fingerprint density at radius 3 is 2.03 bits per heavy atom. The van der Waals surface area contributed by atoms with Gasteiger partial charge in [0.15, 0.2) is 0 Å². The Morgan fingerprint density at radius 2 is 1.47 bits per heavy atom. The first-order valence-electron chi connectivity index (χ1n) is 11.9. The predicted molar refractivity (Wildman–Crippen MR) is 136 cm³/mol. The third kappa shape index (κ3) is 5.28. The van der Waals surface area contributed by atoms with E-state index in [9.17, 15) is 5.11 Å². The maximum Gasteiger partial charge on any atom is 0.132 e. The van der Waals surface area contributed by atoms with Crippen LogP contribution in [0, 0.1) is 17.8 Å². The summed E-state index contributed by atoms with van der Waals surface area (Å²) in [4.78, 5) is 0. The van der Waals surface area contributed by atoms with E-state index >= 15 is 0 Å². The zero-order valence-electron chi connectivity index (χ0n) is 20.1. The van der Waals surface area contributed by atoms with E-state index in [0.29, 0.717) is 6.42 Å². The molecule has 4 heteroatoms. The summed E-state index contributed by atoms with van der Waals surface area (Å²) >= 11 is 0. The summed E-state index contributed by atoms with van der Waals surface area (Å²) in [5.74, 6) is 8.14. The summed E-state index contributed by atoms with van der Waals surface area (Å²) in [5.41, 5.74) is 1.99. The Kier molecular flexibility index (Phi) is 7.57. The summed E-state index contributed by atoms with van der Waals surface area (Å²) in [5, 5.41) is 16.0. The van der Waals surface area contributed by atoms with Gasteiger partial charge in [-0.1, -0.05) is 67.6 Å². The van der Waals surface area contributed by atoms with Gasteiger partial charge < -0.3 is 19.9 Å². The molecule has 4 atom stereocenters. The maximum absolute atomic E-state index is 12.1. The standard InChI is InChI=1S/C30H33NO3/c1-4-8-27-29(24-13-17-26(34-3)18-14-24)31-28(23-11-15-25(33-2)16-12-23)21-30(27,32)20-19-22-9-6-5-7-10-22/h5-7,9-18,27-29,31-32H,4,8,21H2,1-3H3/t27-,28-,29-,30+/m0/s1. The van der Waals surface area contributed by atoms with Crippen LogP contribution in [0.15, 0.2) is 78.9 Å². The van der Waals surface area contributed by atoms with Crippen LogP contribution in [0.4, 0.5) is 0 Å². The largest absolute Gasteiger partial charge is 0.497 e. The molecule has 1 aliphatic rings. The third-order valence-electron chi connectivity index (χ3n) is 6.70. The van der Waals surface area contributed by atoms with Gasteiger partial charge in [0.2, 0.25) is 0 Å². The lowest BCUT2D eigenvalue weighted by Crippen LogP contribution is -2.52. The van der Waals surface area contributed by atoms with Gasteiger partial charge in [-0.15, -0.1) is 0 Å². The van der Waals surface area contributed by atoms with Crippen molar-refractivity contribution in [1.82, 2.24) is 5.32 Å². The number of hydrogen-bond acceptors (Lipinski definition) is 4. The van der Waals surface area contributed by atoms with E-state index < -0.39 is 5.60 Å². The first-order valence-corrected chi connectivity index (χ1v) is 11.9. The highest BCUT2D eigenvalue weighted by molar-refractivity contribution is 5.39. The van der Waals surface area contributed by atoms with Crippen molar-refractivity contribution in [3.05, 3.63) is 95.6 Å². The van der Waals surface area contributed by atoms with Crippen LogP contribution in [0.3, 0.4) is 0 Å². The molecule has 0 radical (unpaired) electrons. The summed E-state index contributed by atoms with van der Waals surface area (Å²) in [6.07, 6.45) is 2.33. The van der Waals surface area contributed by atoms with Crippen molar-refractivity contribution in [3.63, 3.8) is 0 Å². The third-order valence-corrected chi connectivity index (χ3v) is 6.70. The van der Waals surface area contributed by atoms with Gasteiger partial charge in [0, 0.05) is 30.0 Å². The predicted octanol–water partition coefficient (Wildman–Crippen LogP) is 5.68. The highest BCUT2D eigenvalue weighted by Crippen LogP contribution is 2.45. The van der Waals surface area contributed by atoms with Gasteiger partial charge in [0.1, 0.15) is 17.1 Å². The number of rotatable bonds is 6. The van der Waals surface area contributed by atoms with E-state index in [2.05, 4.69) is 48.3 Å². The number of methoxy groups -OCH3 is 2. The lowest BCUT2D eigenvalue weighted by Gasteiger charge is -2.46. The normalized spacial score (nSPS) is 24.1. The van der Waals surface area contributed by atoms with Gasteiger partial charge in [-0.2, -0.15) is 0 Å². The van der Waals surface area contributed by atoms with E-state index in [1.807, 2.05) is 54.6 Å². The number of aliphatic hydroxyl groups is 1. The van der Waals surface area contributed by atoms with Crippen molar-refractivity contribution < 1.29 is 14.6 Å². The number of benzene rings is 3. The van der Waals surface area contributed by atoms with Crippen molar-refractivity contribution >= 4 is 0 Å². The van der Waals surface area contributed by atoms with Crippen molar-refractivity contribution in [2.45, 2.75) is 43.9 Å². The molecule has 0 aromatic heterocycles. The molecule has 4 rings (SSSR count). The fourth-order valence-electron chi connectivity index (χ4n) is 4.88. The SMILES string of the molecule is CCC[C@H]1[C@H](c2ccc(OC)cc2)N[C@H](c2ccc(OC)cc2)C[C@]1(O)C#Cc1ccccc1. The van der Waals surface area contributed by atoms with Crippen LogP contribution in [0.25, 0.3) is 0 Å². The molecule has 1 fully saturated rings. The van der Waals surface area contributed by atoms with Gasteiger partial charge in [0.05, 0.1) is 14.2 Å². The smallest absolute Gasteiger partial charge is 0.132 e. The second kappa shape index (κ2) is 10.8. The minimum atomic E-state index is -1.15. The van der Waals surface area contributed by atoms with Gasteiger partial charge in [-0.3, -0.25) is 0 Å². The molecule has 3 aromatic carbocycles. The molecule has 2 N–H and O–H groups in total. The van der Waals surface area contributed by atoms with Crippen molar-refractivity contribution in [3.8, 4) is 23.3 Å². The van der Waals surface area contributed by atoms with Crippen LogP contribution >= 0.6 is 0 Å². The minimum absolute atomic E-state index is 0.0539. The molecule has 0 saturated carbocycles. The monoisotopic (exact) mass is 455 g/mol. The Bertz CT molecular complexity index is 1120. The molecule has 4 nitrogen and oxygen atoms in total. The van der Waals surface area contributed by atoms with Crippen LogP contribution < -0.4 is 14.8 Å². The fourth-order valence-corrected chi connectivity index (χ4v) is 4.88. The summed E-state index contributed by atoms with van der Waals surface area (Å²) < 4.78 is 10.7. The molecule has 176 valence electrons. The average molecular weight is 456 g/mol. The molecular formula is C30H33NO3. The lowest BCUT2D eigenvalue weighted by atomic mass is 9.69. The minimum Gasteiger partial charge on any atom is -0.497 e. The molecule has 1 heterocycles. The Morgan fingerprint density at radius 1 is 0.882 bits per heavy atom. The maximum atomic E-state index is 12.1. The van der Waals surface area contributed by atoms with Crippen LogP contribution in [0.5, 0.6) is 11.5 Å². The summed E-state index contributed by atoms with van der Waals surface area (Å²) in [6.45, 7) is 2.16. The van der Waals surface area contributed by atoms with E-state index in [0.717, 1.165) is 41.0 Å². The van der Waals surface area contributed by atoms with Crippen LogP contribution in [-0.2, 0) is 0 Å². The fraction of sp³-hybridized carbons (Fsp3) is 0.333. The molecule has 0 unspecified atom stereocenters. The van der Waals surface area contributed by atoms with E-state index in [4.69, 9.17) is 9.47 Å². The molecule has 0 amide bonds. The molecule has 3 aromatic rings. The zero-order valence-corrected chi connectivity index (χ0v) is 20.1. The summed E-state index contributed by atoms with van der Waals surface area (Å²) in [6, 6.07) is 26.0. The molecule has 1 saturated heterocycles. The van der Waals surface area contributed by atoms with Gasteiger partial charge in [-0.05, 0) is 53.9 Å². The number of ether oxygens (including phenoxy) is 2. The van der Waals surface area contributed by atoms with Gasteiger partial charge in [-0.25, -0.2) is 0 Å². The summed E-state index contributed by atoms with van der Waals surface area (Å²) in [7, 11) is 3.34. The Labute approximate surface area is 202 Å². The van der Waals surface area contributed by atoms with E-state index in [1.165, 1.54) is 0 Å². The van der Waals surface area contributed by atoms with Crippen LogP contribution in [-0.4, -0.2) is 24.9 Å². The Balaban J connectivity index is 1.76. The van der Waals surface area contributed by atoms with Crippen molar-refractivity contribution in [2.24, 2.45) is 5.92 Å². The molecule has 34 heavy (non-hydrogen) atoms. The highest BCUT2D eigenvalue weighted by atomic mass is 16.5. The van der Waals surface area contributed by atoms with Crippen LogP contribution in [0.2, 0.25) is 0 Å².